The second-order valence-corrected chi connectivity index (χ2v) is 5.71. The Bertz CT molecular complexity index is 857. The fourth-order valence-corrected chi connectivity index (χ4v) is 2.94. The van der Waals surface area contributed by atoms with Crippen LogP contribution < -0.4 is 5.56 Å². The second-order valence-electron chi connectivity index (χ2n) is 5.71. The van der Waals surface area contributed by atoms with Crippen molar-refractivity contribution in [1.82, 2.24) is 14.6 Å². The molecule has 0 aliphatic heterocycles. The Morgan fingerprint density at radius 2 is 1.81 bits per heavy atom. The Kier molecular flexibility index (Phi) is 3.16. The molecule has 0 bridgehead atoms. The van der Waals surface area contributed by atoms with E-state index in [2.05, 4.69) is 23.9 Å². The minimum absolute atomic E-state index is 0.0429. The monoisotopic (exact) mass is 281 g/mol. The highest BCUT2D eigenvalue weighted by atomic mass is 16.1. The molecule has 2 aromatic heterocycles. The number of aromatic nitrogens is 3. The normalized spacial score (nSPS) is 11.5. The molecule has 4 nitrogen and oxygen atoms in total. The molecule has 3 aromatic rings. The van der Waals surface area contributed by atoms with Gasteiger partial charge < -0.3 is 0 Å². The predicted molar refractivity (Wildman–Crippen MR) is 84.8 cm³/mol. The van der Waals surface area contributed by atoms with E-state index in [-0.39, 0.29) is 5.56 Å². The minimum atomic E-state index is -0.0429. The summed E-state index contributed by atoms with van der Waals surface area (Å²) in [5.41, 5.74) is 5.13. The molecule has 2 heterocycles. The van der Waals surface area contributed by atoms with Crippen LogP contribution in [-0.4, -0.2) is 14.6 Å². The summed E-state index contributed by atoms with van der Waals surface area (Å²) in [4.78, 5) is 17.5. The van der Waals surface area contributed by atoms with Crippen LogP contribution in [0.4, 0.5) is 0 Å². The van der Waals surface area contributed by atoms with Gasteiger partial charge in [-0.05, 0) is 25.3 Å². The molecule has 0 saturated heterocycles. The van der Waals surface area contributed by atoms with Crippen molar-refractivity contribution < 1.29 is 0 Å². The van der Waals surface area contributed by atoms with Gasteiger partial charge in [0.05, 0.1) is 11.3 Å². The Morgan fingerprint density at radius 1 is 1.14 bits per heavy atom. The van der Waals surface area contributed by atoms with Crippen molar-refractivity contribution in [3.8, 4) is 11.1 Å². The van der Waals surface area contributed by atoms with Gasteiger partial charge in [-0.1, -0.05) is 44.2 Å². The summed E-state index contributed by atoms with van der Waals surface area (Å²) in [5.74, 6) is 0.320. The van der Waals surface area contributed by atoms with Crippen molar-refractivity contribution in [2.75, 3.05) is 0 Å². The summed E-state index contributed by atoms with van der Waals surface area (Å²) in [6.45, 7) is 8.11. The van der Waals surface area contributed by atoms with Crippen LogP contribution in [0.15, 0.2) is 35.1 Å². The van der Waals surface area contributed by atoms with E-state index in [4.69, 9.17) is 0 Å². The van der Waals surface area contributed by atoms with Gasteiger partial charge in [0, 0.05) is 11.3 Å². The van der Waals surface area contributed by atoms with E-state index in [0.717, 1.165) is 28.2 Å². The largest absolute Gasteiger partial charge is 0.294 e. The van der Waals surface area contributed by atoms with E-state index in [0.29, 0.717) is 11.5 Å². The number of hydrogen-bond acceptors (Lipinski definition) is 2. The summed E-state index contributed by atoms with van der Waals surface area (Å²) < 4.78 is 1.57. The topological polar surface area (TPSA) is 50.2 Å². The molecular formula is C17H19N3O. The van der Waals surface area contributed by atoms with E-state index < -0.39 is 0 Å². The highest BCUT2D eigenvalue weighted by Crippen LogP contribution is 2.24. The smallest absolute Gasteiger partial charge is 0.280 e. The molecule has 0 spiro atoms. The van der Waals surface area contributed by atoms with Crippen LogP contribution in [-0.2, 0) is 0 Å². The first-order valence-electron chi connectivity index (χ1n) is 7.18. The number of aromatic amines is 1. The number of fused-ring (bicyclic) bond motifs is 1. The molecule has 1 N–H and O–H groups in total. The van der Waals surface area contributed by atoms with Gasteiger partial charge in [-0.2, -0.15) is 0 Å². The zero-order chi connectivity index (χ0) is 15.1. The average Bonchev–Trinajstić information content (AvgIpc) is 2.76. The molecule has 0 amide bonds. The summed E-state index contributed by atoms with van der Waals surface area (Å²) >= 11 is 0. The molecule has 4 heteroatoms. The van der Waals surface area contributed by atoms with Gasteiger partial charge >= 0.3 is 0 Å². The number of nitrogens with zero attached hydrogens (tertiary/aromatic N) is 2. The van der Waals surface area contributed by atoms with Gasteiger partial charge in [-0.3, -0.25) is 9.89 Å². The molecule has 0 atom stereocenters. The van der Waals surface area contributed by atoms with Crippen molar-refractivity contribution in [1.29, 1.82) is 0 Å². The summed E-state index contributed by atoms with van der Waals surface area (Å²) in [6.07, 6.45) is 0. The number of rotatable bonds is 2. The maximum atomic E-state index is 12.8. The number of hydrogen-bond donors (Lipinski definition) is 1. The number of benzene rings is 1. The van der Waals surface area contributed by atoms with Crippen LogP contribution >= 0.6 is 0 Å². The van der Waals surface area contributed by atoms with Gasteiger partial charge in [0.2, 0.25) is 0 Å². The minimum Gasteiger partial charge on any atom is -0.294 e. The van der Waals surface area contributed by atoms with Crippen LogP contribution in [0, 0.1) is 13.8 Å². The fourth-order valence-electron chi connectivity index (χ4n) is 2.94. The Balaban J connectivity index is 2.39. The number of nitrogens with one attached hydrogen (secondary N) is 1. The van der Waals surface area contributed by atoms with E-state index in [1.54, 1.807) is 4.52 Å². The van der Waals surface area contributed by atoms with E-state index >= 15 is 0 Å². The first kappa shape index (κ1) is 13.6. The lowest BCUT2D eigenvalue weighted by Crippen LogP contribution is -2.19. The third-order valence-corrected chi connectivity index (χ3v) is 3.83. The first-order valence-corrected chi connectivity index (χ1v) is 7.18. The standard InChI is InChI=1S/C17H19N3O/c1-10(2)14-12(4)19-20-16(14)18-11(3)15(17(20)21)13-8-6-5-7-9-13/h5-10,19H,1-4H3. The molecule has 0 aliphatic carbocycles. The first-order chi connectivity index (χ1) is 10.0. The molecule has 3 rings (SSSR count). The summed E-state index contributed by atoms with van der Waals surface area (Å²) in [6, 6.07) is 9.69. The summed E-state index contributed by atoms with van der Waals surface area (Å²) in [7, 11) is 0. The molecule has 1 aromatic carbocycles. The van der Waals surface area contributed by atoms with Crippen LogP contribution in [0.2, 0.25) is 0 Å². The maximum absolute atomic E-state index is 12.8. The van der Waals surface area contributed by atoms with Gasteiger partial charge in [0.25, 0.3) is 5.56 Å². The van der Waals surface area contributed by atoms with Crippen molar-refractivity contribution in [3.63, 3.8) is 0 Å². The number of aryl methyl sites for hydroxylation is 2. The molecule has 0 unspecified atom stereocenters. The second kappa shape index (κ2) is 4.88. The van der Waals surface area contributed by atoms with Crippen LogP contribution in [0.1, 0.15) is 36.7 Å². The Hall–Kier alpha value is -2.36. The zero-order valence-corrected chi connectivity index (χ0v) is 12.8. The highest BCUT2D eigenvalue weighted by Gasteiger charge is 2.18. The molecule has 0 saturated carbocycles. The predicted octanol–water partition coefficient (Wildman–Crippen LogP) is 3.43. The van der Waals surface area contributed by atoms with Crippen LogP contribution in [0.5, 0.6) is 0 Å². The molecule has 0 aliphatic rings. The average molecular weight is 281 g/mol. The highest BCUT2D eigenvalue weighted by molar-refractivity contribution is 5.67. The molecular weight excluding hydrogens is 262 g/mol. The van der Waals surface area contributed by atoms with Crippen LogP contribution in [0.25, 0.3) is 16.8 Å². The van der Waals surface area contributed by atoms with E-state index in [1.165, 1.54) is 0 Å². The van der Waals surface area contributed by atoms with Gasteiger partial charge in [0.15, 0.2) is 5.65 Å². The van der Waals surface area contributed by atoms with Gasteiger partial charge in [0.1, 0.15) is 0 Å². The van der Waals surface area contributed by atoms with Crippen molar-refractivity contribution >= 4 is 5.65 Å². The van der Waals surface area contributed by atoms with E-state index in [9.17, 15) is 4.79 Å². The summed E-state index contributed by atoms with van der Waals surface area (Å²) in [5, 5.41) is 3.16. The molecule has 21 heavy (non-hydrogen) atoms. The SMILES string of the molecule is Cc1nc2c(C(C)C)c(C)[nH]n2c(=O)c1-c1ccccc1. The van der Waals surface area contributed by atoms with Crippen molar-refractivity contribution in [2.24, 2.45) is 0 Å². The molecule has 0 radical (unpaired) electrons. The Morgan fingerprint density at radius 3 is 2.43 bits per heavy atom. The van der Waals surface area contributed by atoms with E-state index in [1.807, 2.05) is 44.2 Å². The number of H-pyrrole nitrogens is 1. The van der Waals surface area contributed by atoms with Crippen molar-refractivity contribution in [3.05, 3.63) is 57.6 Å². The third-order valence-electron chi connectivity index (χ3n) is 3.83. The fraction of sp³-hybridized carbons (Fsp3) is 0.294. The van der Waals surface area contributed by atoms with Gasteiger partial charge in [-0.25, -0.2) is 9.50 Å². The molecule has 0 fully saturated rings. The lowest BCUT2D eigenvalue weighted by atomic mass is 10.0. The lowest BCUT2D eigenvalue weighted by molar-refractivity contribution is 0.860. The molecule has 108 valence electrons. The quantitative estimate of drug-likeness (QED) is 0.782. The Labute approximate surface area is 123 Å². The zero-order valence-electron chi connectivity index (χ0n) is 12.8. The van der Waals surface area contributed by atoms with Crippen molar-refractivity contribution in [2.45, 2.75) is 33.6 Å². The third kappa shape index (κ3) is 2.07. The van der Waals surface area contributed by atoms with Crippen LogP contribution in [0.3, 0.4) is 0 Å². The van der Waals surface area contributed by atoms with Gasteiger partial charge in [-0.15, -0.1) is 0 Å². The maximum Gasteiger partial charge on any atom is 0.280 e. The lowest BCUT2D eigenvalue weighted by Gasteiger charge is -2.07.